The summed E-state index contributed by atoms with van der Waals surface area (Å²) in [7, 11) is 1.70. The van der Waals surface area contributed by atoms with Gasteiger partial charge in [-0.15, -0.1) is 0 Å². The van der Waals surface area contributed by atoms with Crippen molar-refractivity contribution in [2.75, 3.05) is 46.4 Å². The van der Waals surface area contributed by atoms with Crippen LogP contribution in [-0.2, 0) is 14.3 Å². The Balaban J connectivity index is 2.08. The lowest BCUT2D eigenvalue weighted by Crippen LogP contribution is -2.57. The molecule has 112 valence electrons. The second kappa shape index (κ2) is 6.08. The number of carboxylic acid groups (broad SMARTS) is 1. The van der Waals surface area contributed by atoms with E-state index in [2.05, 4.69) is 0 Å². The molecule has 2 rings (SSSR count). The number of carbonyl (C=O) groups is 3. The quantitative estimate of drug-likeness (QED) is 0.671. The van der Waals surface area contributed by atoms with E-state index in [9.17, 15) is 14.4 Å². The summed E-state index contributed by atoms with van der Waals surface area (Å²) in [6, 6.07) is -1.38. The molecule has 2 aliphatic rings. The van der Waals surface area contributed by atoms with Crippen LogP contribution in [0.3, 0.4) is 0 Å². The first-order valence-electron chi connectivity index (χ1n) is 6.60. The van der Waals surface area contributed by atoms with Crippen LogP contribution in [0.5, 0.6) is 0 Å². The van der Waals surface area contributed by atoms with E-state index in [0.29, 0.717) is 26.1 Å². The van der Waals surface area contributed by atoms with Crippen LogP contribution in [0.15, 0.2) is 0 Å². The van der Waals surface area contributed by atoms with Crippen LogP contribution < -0.4 is 0 Å². The molecule has 20 heavy (non-hydrogen) atoms. The molecular formula is C12H19N3O5. The normalized spacial score (nSPS) is 24.6. The maximum Gasteiger partial charge on any atom is 0.328 e. The van der Waals surface area contributed by atoms with Gasteiger partial charge in [-0.05, 0) is 6.42 Å². The van der Waals surface area contributed by atoms with E-state index in [1.165, 1.54) is 9.80 Å². The molecule has 3 amide bonds. The van der Waals surface area contributed by atoms with Crippen LogP contribution in [0.2, 0.25) is 0 Å². The fourth-order valence-electron chi connectivity index (χ4n) is 2.37. The van der Waals surface area contributed by atoms with Crippen molar-refractivity contribution in [2.45, 2.75) is 12.5 Å². The number of nitrogens with zero attached hydrogens (tertiary/aromatic N) is 3. The summed E-state index contributed by atoms with van der Waals surface area (Å²) in [6.45, 7) is 1.60. The average molecular weight is 285 g/mol. The zero-order chi connectivity index (χ0) is 14.7. The third kappa shape index (κ3) is 3.01. The van der Waals surface area contributed by atoms with Gasteiger partial charge in [0.15, 0.2) is 6.04 Å². The van der Waals surface area contributed by atoms with Gasteiger partial charge >= 0.3 is 12.0 Å². The number of morpholine rings is 1. The van der Waals surface area contributed by atoms with Crippen LogP contribution in [-0.4, -0.2) is 90.2 Å². The maximum atomic E-state index is 12.4. The number of hydrogen-bond acceptors (Lipinski definition) is 4. The fourth-order valence-corrected chi connectivity index (χ4v) is 2.37. The Labute approximate surface area is 116 Å². The van der Waals surface area contributed by atoms with Crippen molar-refractivity contribution in [1.29, 1.82) is 0 Å². The van der Waals surface area contributed by atoms with Crippen molar-refractivity contribution >= 4 is 17.9 Å². The van der Waals surface area contributed by atoms with Gasteiger partial charge in [0.1, 0.15) is 6.54 Å². The van der Waals surface area contributed by atoms with Crippen molar-refractivity contribution in [3.05, 3.63) is 0 Å². The lowest BCUT2D eigenvalue weighted by atomic mass is 10.2. The van der Waals surface area contributed by atoms with E-state index in [4.69, 9.17) is 9.84 Å². The number of urea groups is 1. The van der Waals surface area contributed by atoms with E-state index in [-0.39, 0.29) is 25.6 Å². The highest BCUT2D eigenvalue weighted by atomic mass is 16.5. The molecule has 0 aromatic heterocycles. The summed E-state index contributed by atoms with van der Waals surface area (Å²) in [5.41, 5.74) is 0. The summed E-state index contributed by atoms with van der Waals surface area (Å²) in [5, 5.41) is 9.14. The van der Waals surface area contributed by atoms with Gasteiger partial charge in [-0.2, -0.15) is 0 Å². The third-order valence-corrected chi connectivity index (χ3v) is 3.60. The van der Waals surface area contributed by atoms with Gasteiger partial charge < -0.3 is 24.5 Å². The Kier molecular flexibility index (Phi) is 4.43. The van der Waals surface area contributed by atoms with Crippen LogP contribution >= 0.6 is 0 Å². The summed E-state index contributed by atoms with van der Waals surface area (Å²) in [6.07, 6.45) is 0.691. The van der Waals surface area contributed by atoms with E-state index >= 15 is 0 Å². The summed E-state index contributed by atoms with van der Waals surface area (Å²) >= 11 is 0. The molecular weight excluding hydrogens is 266 g/mol. The Morgan fingerprint density at radius 1 is 1.30 bits per heavy atom. The minimum atomic E-state index is -1.09. The van der Waals surface area contributed by atoms with Crippen molar-refractivity contribution in [3.8, 4) is 0 Å². The molecule has 2 fully saturated rings. The average Bonchev–Trinajstić information content (AvgIpc) is 2.60. The lowest BCUT2D eigenvalue weighted by molar-refractivity contribution is -0.147. The molecule has 0 spiro atoms. The predicted octanol–water partition coefficient (Wildman–Crippen LogP) is -0.944. The van der Waals surface area contributed by atoms with Crippen molar-refractivity contribution < 1.29 is 24.2 Å². The number of likely N-dealkylation sites (N-methyl/N-ethyl adjacent to an activating group) is 1. The Hall–Kier alpha value is -1.83. The molecule has 2 saturated heterocycles. The first-order chi connectivity index (χ1) is 9.50. The molecule has 8 heteroatoms. The van der Waals surface area contributed by atoms with Gasteiger partial charge in [-0.3, -0.25) is 4.79 Å². The third-order valence-electron chi connectivity index (χ3n) is 3.60. The van der Waals surface area contributed by atoms with E-state index in [1.807, 2.05) is 0 Å². The number of hydrogen-bond donors (Lipinski definition) is 1. The van der Waals surface area contributed by atoms with Gasteiger partial charge in [0.05, 0.1) is 13.2 Å². The number of ether oxygens (including phenoxy) is 1. The lowest BCUT2D eigenvalue weighted by Gasteiger charge is -2.36. The first-order valence-corrected chi connectivity index (χ1v) is 6.60. The Morgan fingerprint density at radius 2 is 2.05 bits per heavy atom. The van der Waals surface area contributed by atoms with E-state index in [1.54, 1.807) is 11.9 Å². The smallest absolute Gasteiger partial charge is 0.328 e. The van der Waals surface area contributed by atoms with Gasteiger partial charge in [-0.1, -0.05) is 0 Å². The highest BCUT2D eigenvalue weighted by Gasteiger charge is 2.36. The van der Waals surface area contributed by atoms with Crippen molar-refractivity contribution in [1.82, 2.24) is 14.7 Å². The Morgan fingerprint density at radius 3 is 2.75 bits per heavy atom. The standard InChI is InChI=1S/C12H19N3O5/c1-13-3-2-4-14(7-10(13)16)12(19)15-5-6-20-8-9(15)11(17)18/h9H,2-8H2,1H3,(H,17,18). The van der Waals surface area contributed by atoms with Crippen LogP contribution in [0.25, 0.3) is 0 Å². The molecule has 0 bridgehead atoms. The van der Waals surface area contributed by atoms with Gasteiger partial charge in [-0.25, -0.2) is 9.59 Å². The second-order valence-corrected chi connectivity index (χ2v) is 5.00. The van der Waals surface area contributed by atoms with Gasteiger partial charge in [0, 0.05) is 26.7 Å². The molecule has 0 aromatic carbocycles. The fraction of sp³-hybridized carbons (Fsp3) is 0.750. The zero-order valence-corrected chi connectivity index (χ0v) is 11.4. The highest BCUT2D eigenvalue weighted by molar-refractivity contribution is 5.87. The van der Waals surface area contributed by atoms with Crippen LogP contribution in [0.1, 0.15) is 6.42 Å². The number of rotatable bonds is 1. The summed E-state index contributed by atoms with van der Waals surface area (Å²) < 4.78 is 5.11. The molecule has 1 N–H and O–H groups in total. The zero-order valence-electron chi connectivity index (χ0n) is 11.4. The van der Waals surface area contributed by atoms with E-state index < -0.39 is 18.0 Å². The topological polar surface area (TPSA) is 90.4 Å². The minimum absolute atomic E-state index is 0.000963. The molecule has 1 unspecified atom stereocenters. The molecule has 0 aliphatic carbocycles. The minimum Gasteiger partial charge on any atom is -0.480 e. The molecule has 2 heterocycles. The number of carbonyl (C=O) groups excluding carboxylic acids is 2. The largest absolute Gasteiger partial charge is 0.480 e. The molecule has 1 atom stereocenters. The van der Waals surface area contributed by atoms with Crippen molar-refractivity contribution in [3.63, 3.8) is 0 Å². The number of carboxylic acids is 1. The first kappa shape index (κ1) is 14.6. The number of amides is 3. The Bertz CT molecular complexity index is 414. The molecule has 2 aliphatic heterocycles. The van der Waals surface area contributed by atoms with Crippen LogP contribution in [0, 0.1) is 0 Å². The summed E-state index contributed by atoms with van der Waals surface area (Å²) in [5.74, 6) is -1.22. The second-order valence-electron chi connectivity index (χ2n) is 5.00. The molecule has 8 nitrogen and oxygen atoms in total. The van der Waals surface area contributed by atoms with Gasteiger partial charge in [0.25, 0.3) is 0 Å². The highest BCUT2D eigenvalue weighted by Crippen LogP contribution is 2.13. The maximum absolute atomic E-state index is 12.4. The van der Waals surface area contributed by atoms with Crippen molar-refractivity contribution in [2.24, 2.45) is 0 Å². The number of aliphatic carboxylic acids is 1. The SMILES string of the molecule is CN1CCCN(C(=O)N2CCOCC2C(=O)O)CC1=O. The summed E-state index contributed by atoms with van der Waals surface area (Å²) in [4.78, 5) is 39.7. The van der Waals surface area contributed by atoms with E-state index in [0.717, 1.165) is 0 Å². The monoisotopic (exact) mass is 285 g/mol. The molecule has 0 aromatic rings. The predicted molar refractivity (Wildman–Crippen MR) is 68.2 cm³/mol. The van der Waals surface area contributed by atoms with Crippen LogP contribution in [0.4, 0.5) is 4.79 Å². The van der Waals surface area contributed by atoms with Gasteiger partial charge in [0.2, 0.25) is 5.91 Å². The molecule has 0 radical (unpaired) electrons. The molecule has 0 saturated carbocycles.